The molecule has 0 saturated heterocycles. The van der Waals surface area contributed by atoms with E-state index in [0.717, 1.165) is 40.9 Å². The molecule has 4 aliphatic rings. The van der Waals surface area contributed by atoms with E-state index in [9.17, 15) is 0 Å². The second-order valence-electron chi connectivity index (χ2n) is 8.94. The molecule has 4 saturated carbocycles. The Balaban J connectivity index is 1.56. The Labute approximate surface area is 119 Å². The van der Waals surface area contributed by atoms with E-state index in [1.165, 1.54) is 12.8 Å². The van der Waals surface area contributed by atoms with E-state index in [1.807, 2.05) is 0 Å². The predicted octanol–water partition coefficient (Wildman–Crippen LogP) is 5.67. The Bertz CT molecular complexity index is 346. The third-order valence-corrected chi connectivity index (χ3v) is 8.00. The Kier molecular flexibility index (Phi) is 3.01. The molecule has 7 atom stereocenters. The highest BCUT2D eigenvalue weighted by atomic mass is 14.6. The van der Waals surface area contributed by atoms with Crippen LogP contribution in [0.5, 0.6) is 0 Å². The summed E-state index contributed by atoms with van der Waals surface area (Å²) in [6, 6.07) is 0. The molecular weight excluding hydrogens is 228 g/mol. The van der Waals surface area contributed by atoms with Crippen molar-refractivity contribution in [3.63, 3.8) is 0 Å². The molecule has 0 aromatic carbocycles. The van der Waals surface area contributed by atoms with Crippen molar-refractivity contribution in [1.82, 2.24) is 0 Å². The van der Waals surface area contributed by atoms with Crippen LogP contribution in [0.4, 0.5) is 0 Å². The first kappa shape index (κ1) is 12.7. The highest BCUT2D eigenvalue weighted by Crippen LogP contribution is 2.62. The van der Waals surface area contributed by atoms with Crippen molar-refractivity contribution in [1.29, 1.82) is 0 Å². The van der Waals surface area contributed by atoms with Gasteiger partial charge in [-0.3, -0.25) is 0 Å². The van der Waals surface area contributed by atoms with Crippen molar-refractivity contribution >= 4 is 0 Å². The number of fused-ring (bicyclic) bond motifs is 5. The Morgan fingerprint density at radius 2 is 1.63 bits per heavy atom. The Morgan fingerprint density at radius 3 is 2.53 bits per heavy atom. The maximum absolute atomic E-state index is 2.63. The minimum atomic E-state index is 0.760. The third-order valence-electron chi connectivity index (χ3n) is 8.00. The second-order valence-corrected chi connectivity index (χ2v) is 8.94. The second kappa shape index (κ2) is 4.50. The van der Waals surface area contributed by atoms with Gasteiger partial charge in [-0.1, -0.05) is 26.7 Å². The number of hydrogen-bond donors (Lipinski definition) is 0. The fourth-order valence-electron chi connectivity index (χ4n) is 7.08. The van der Waals surface area contributed by atoms with Crippen LogP contribution in [-0.2, 0) is 0 Å². The van der Waals surface area contributed by atoms with E-state index < -0.39 is 0 Å². The molecule has 0 nitrogen and oxygen atoms in total. The molecule has 19 heavy (non-hydrogen) atoms. The van der Waals surface area contributed by atoms with Crippen molar-refractivity contribution in [2.45, 2.75) is 78.1 Å². The quantitative estimate of drug-likeness (QED) is 0.527. The van der Waals surface area contributed by atoms with Crippen molar-refractivity contribution in [3.8, 4) is 0 Å². The lowest BCUT2D eigenvalue weighted by atomic mass is 9.50. The van der Waals surface area contributed by atoms with Gasteiger partial charge in [0.05, 0.1) is 0 Å². The fourth-order valence-corrected chi connectivity index (χ4v) is 7.08. The maximum atomic E-state index is 2.63. The normalized spacial score (nSPS) is 57.2. The van der Waals surface area contributed by atoms with Crippen LogP contribution in [0.1, 0.15) is 78.1 Å². The molecule has 0 spiro atoms. The monoisotopic (exact) mass is 260 g/mol. The third kappa shape index (κ3) is 1.92. The maximum Gasteiger partial charge on any atom is -0.0295 e. The summed E-state index contributed by atoms with van der Waals surface area (Å²) in [5.74, 6) is 6.68. The van der Waals surface area contributed by atoms with E-state index in [4.69, 9.17) is 0 Å². The molecule has 0 aromatic rings. The molecule has 2 unspecified atom stereocenters. The predicted molar refractivity (Wildman–Crippen MR) is 80.9 cm³/mol. The molecule has 0 aromatic heterocycles. The molecule has 0 aliphatic heterocycles. The summed E-state index contributed by atoms with van der Waals surface area (Å²) in [4.78, 5) is 0. The molecule has 0 bridgehead atoms. The van der Waals surface area contributed by atoms with Gasteiger partial charge in [0.2, 0.25) is 0 Å². The standard InChI is InChI=1S/C19H32/c1-13-5-7-15-14(12-13)6-8-17-16(15)9-11-19(2)10-3-4-18(17)19/h13-18H,3-12H2,1-2H3/t13-,14?,15+,16+,17-,18-,19?/m0/s1. The van der Waals surface area contributed by atoms with Gasteiger partial charge >= 0.3 is 0 Å². The van der Waals surface area contributed by atoms with Crippen molar-refractivity contribution in [2.75, 3.05) is 0 Å². The van der Waals surface area contributed by atoms with Gasteiger partial charge in [0.25, 0.3) is 0 Å². The lowest BCUT2D eigenvalue weighted by Crippen LogP contribution is -2.47. The summed E-state index contributed by atoms with van der Waals surface area (Å²) in [7, 11) is 0. The molecule has 4 fully saturated rings. The minimum Gasteiger partial charge on any atom is -0.0625 e. The topological polar surface area (TPSA) is 0 Å². The highest BCUT2D eigenvalue weighted by molar-refractivity contribution is 5.03. The summed E-state index contributed by atoms with van der Waals surface area (Å²) in [6.07, 6.45) is 15.7. The molecule has 4 aliphatic carbocycles. The first-order valence-electron chi connectivity index (χ1n) is 9.17. The van der Waals surface area contributed by atoms with E-state index in [-0.39, 0.29) is 0 Å². The minimum absolute atomic E-state index is 0.760. The molecule has 108 valence electrons. The highest BCUT2D eigenvalue weighted by Gasteiger charge is 2.53. The summed E-state index contributed by atoms with van der Waals surface area (Å²) in [6.45, 7) is 5.13. The average Bonchev–Trinajstić information content (AvgIpc) is 2.79. The van der Waals surface area contributed by atoms with E-state index in [2.05, 4.69) is 13.8 Å². The average molecular weight is 260 g/mol. The van der Waals surface area contributed by atoms with Crippen molar-refractivity contribution in [2.24, 2.45) is 40.9 Å². The van der Waals surface area contributed by atoms with Gasteiger partial charge in [-0.2, -0.15) is 0 Å². The summed E-state index contributed by atoms with van der Waals surface area (Å²) >= 11 is 0. The van der Waals surface area contributed by atoms with Gasteiger partial charge in [0.15, 0.2) is 0 Å². The molecule has 0 heterocycles. The molecule has 0 radical (unpaired) electrons. The van der Waals surface area contributed by atoms with Crippen molar-refractivity contribution < 1.29 is 0 Å². The first-order valence-corrected chi connectivity index (χ1v) is 9.17. The van der Waals surface area contributed by atoms with Crippen molar-refractivity contribution in [3.05, 3.63) is 0 Å². The first-order chi connectivity index (χ1) is 9.17. The Morgan fingerprint density at radius 1 is 0.789 bits per heavy atom. The van der Waals surface area contributed by atoms with Crippen LogP contribution in [0.2, 0.25) is 0 Å². The zero-order valence-corrected chi connectivity index (χ0v) is 13.0. The molecule has 4 rings (SSSR count). The molecule has 0 heteroatoms. The smallest absolute Gasteiger partial charge is 0.0295 e. The summed E-state index contributed by atoms with van der Waals surface area (Å²) < 4.78 is 0. The van der Waals surface area contributed by atoms with Gasteiger partial charge in [0.1, 0.15) is 0 Å². The molecule has 0 N–H and O–H groups in total. The van der Waals surface area contributed by atoms with Crippen LogP contribution in [0.25, 0.3) is 0 Å². The van der Waals surface area contributed by atoms with Gasteiger partial charge in [-0.25, -0.2) is 0 Å². The summed E-state index contributed by atoms with van der Waals surface area (Å²) in [5.41, 5.74) is 0.760. The lowest BCUT2D eigenvalue weighted by Gasteiger charge is -2.55. The zero-order valence-electron chi connectivity index (χ0n) is 13.0. The van der Waals surface area contributed by atoms with E-state index in [1.54, 1.807) is 51.4 Å². The van der Waals surface area contributed by atoms with Crippen LogP contribution >= 0.6 is 0 Å². The lowest BCUT2D eigenvalue weighted by molar-refractivity contribution is -0.0552. The molecule has 0 amide bonds. The van der Waals surface area contributed by atoms with E-state index in [0.29, 0.717) is 0 Å². The summed E-state index contributed by atoms with van der Waals surface area (Å²) in [5, 5.41) is 0. The van der Waals surface area contributed by atoms with Crippen LogP contribution in [0.3, 0.4) is 0 Å². The number of hydrogen-bond acceptors (Lipinski definition) is 0. The van der Waals surface area contributed by atoms with Gasteiger partial charge < -0.3 is 0 Å². The largest absolute Gasteiger partial charge is 0.0625 e. The van der Waals surface area contributed by atoms with Crippen LogP contribution in [-0.4, -0.2) is 0 Å². The van der Waals surface area contributed by atoms with Gasteiger partial charge in [0, 0.05) is 0 Å². The van der Waals surface area contributed by atoms with Crippen LogP contribution < -0.4 is 0 Å². The fraction of sp³-hybridized carbons (Fsp3) is 1.00. The Hall–Kier alpha value is 0. The molecular formula is C19H32. The van der Waals surface area contributed by atoms with E-state index >= 15 is 0 Å². The SMILES string of the molecule is C[C@H]1CC[C@@H]2C(CC[C@H]3[C@@H]2CCC2(C)CCC[C@@H]32)C1. The van der Waals surface area contributed by atoms with Crippen LogP contribution in [0.15, 0.2) is 0 Å². The van der Waals surface area contributed by atoms with Crippen LogP contribution in [0, 0.1) is 40.9 Å². The van der Waals surface area contributed by atoms with Gasteiger partial charge in [-0.15, -0.1) is 0 Å². The zero-order chi connectivity index (χ0) is 13.0. The number of rotatable bonds is 0. The van der Waals surface area contributed by atoms with Gasteiger partial charge in [-0.05, 0) is 92.3 Å².